The molecule has 0 unspecified atom stereocenters. The first-order valence-corrected chi connectivity index (χ1v) is 6.56. The van der Waals surface area contributed by atoms with Crippen LogP contribution in [0.15, 0.2) is 40.9 Å². The molecule has 1 aromatic carbocycles. The molecule has 6 heteroatoms. The van der Waals surface area contributed by atoms with Gasteiger partial charge >= 0.3 is 0 Å². The number of aliphatic imine (C=N–C) groups is 1. The van der Waals surface area contributed by atoms with E-state index in [2.05, 4.69) is 15.0 Å². The molecule has 1 aliphatic rings. The SMILES string of the molecule is Cc1cc(Cl)nc(/N=C/C2=C(O)c3ccccc3C2=O)n1. The second-order valence-corrected chi connectivity index (χ2v) is 4.91. The van der Waals surface area contributed by atoms with Crippen LogP contribution >= 0.6 is 11.6 Å². The number of carbonyl (C=O) groups is 1. The Morgan fingerprint density at radius 3 is 2.62 bits per heavy atom. The monoisotopic (exact) mass is 299 g/mol. The quantitative estimate of drug-likeness (QED) is 0.682. The molecule has 5 nitrogen and oxygen atoms in total. The van der Waals surface area contributed by atoms with Gasteiger partial charge in [-0.3, -0.25) is 4.79 Å². The minimum atomic E-state index is -0.273. The van der Waals surface area contributed by atoms with Crippen molar-refractivity contribution in [3.05, 3.63) is 57.9 Å². The highest BCUT2D eigenvalue weighted by molar-refractivity contribution is 6.30. The van der Waals surface area contributed by atoms with Gasteiger partial charge in [0.1, 0.15) is 10.9 Å². The predicted octanol–water partition coefficient (Wildman–Crippen LogP) is 3.31. The first-order valence-electron chi connectivity index (χ1n) is 6.19. The van der Waals surface area contributed by atoms with Gasteiger partial charge in [0, 0.05) is 23.0 Å². The number of carbonyl (C=O) groups excluding carboxylic acids is 1. The van der Waals surface area contributed by atoms with E-state index in [1.165, 1.54) is 6.21 Å². The van der Waals surface area contributed by atoms with Crippen LogP contribution in [-0.4, -0.2) is 27.1 Å². The molecule has 0 bridgehead atoms. The van der Waals surface area contributed by atoms with Crippen molar-refractivity contribution >= 4 is 35.3 Å². The van der Waals surface area contributed by atoms with Crippen LogP contribution in [0.2, 0.25) is 5.15 Å². The van der Waals surface area contributed by atoms with Crippen LogP contribution in [0.5, 0.6) is 0 Å². The number of aryl methyl sites for hydroxylation is 1. The number of hydrogen-bond acceptors (Lipinski definition) is 5. The number of allylic oxidation sites excluding steroid dienone is 1. The molecule has 21 heavy (non-hydrogen) atoms. The van der Waals surface area contributed by atoms with Crippen LogP contribution in [0, 0.1) is 6.92 Å². The fourth-order valence-electron chi connectivity index (χ4n) is 2.10. The zero-order valence-electron chi connectivity index (χ0n) is 11.0. The number of ketones is 1. The Morgan fingerprint density at radius 2 is 1.95 bits per heavy atom. The van der Waals surface area contributed by atoms with E-state index in [-0.39, 0.29) is 28.2 Å². The van der Waals surface area contributed by atoms with Crippen LogP contribution in [0.3, 0.4) is 0 Å². The number of aromatic nitrogens is 2. The Kier molecular flexibility index (Phi) is 3.27. The van der Waals surface area contributed by atoms with E-state index in [0.717, 1.165) is 0 Å². The van der Waals surface area contributed by atoms with Crippen molar-refractivity contribution in [2.24, 2.45) is 4.99 Å². The van der Waals surface area contributed by atoms with Gasteiger partial charge in [-0.1, -0.05) is 35.9 Å². The Morgan fingerprint density at radius 1 is 1.24 bits per heavy atom. The molecule has 0 aliphatic heterocycles. The van der Waals surface area contributed by atoms with E-state index in [0.29, 0.717) is 16.8 Å². The molecule has 1 aliphatic carbocycles. The number of benzene rings is 1. The highest BCUT2D eigenvalue weighted by Gasteiger charge is 2.27. The van der Waals surface area contributed by atoms with Crippen molar-refractivity contribution in [2.75, 3.05) is 0 Å². The van der Waals surface area contributed by atoms with Gasteiger partial charge in [-0.25, -0.2) is 9.98 Å². The highest BCUT2D eigenvalue weighted by atomic mass is 35.5. The van der Waals surface area contributed by atoms with E-state index in [4.69, 9.17) is 11.6 Å². The zero-order valence-corrected chi connectivity index (χ0v) is 11.8. The maximum atomic E-state index is 12.2. The number of aliphatic hydroxyl groups is 1. The molecule has 0 atom stereocenters. The molecule has 0 fully saturated rings. The lowest BCUT2D eigenvalue weighted by atomic mass is 10.1. The third kappa shape index (κ3) is 2.43. The second-order valence-electron chi connectivity index (χ2n) is 4.53. The van der Waals surface area contributed by atoms with E-state index >= 15 is 0 Å². The molecular formula is C15H10ClN3O2. The first-order chi connectivity index (χ1) is 10.1. The van der Waals surface area contributed by atoms with Gasteiger partial charge in [0.2, 0.25) is 0 Å². The highest BCUT2D eigenvalue weighted by Crippen LogP contribution is 2.30. The molecule has 1 N–H and O–H groups in total. The van der Waals surface area contributed by atoms with Crippen molar-refractivity contribution in [3.63, 3.8) is 0 Å². The predicted molar refractivity (Wildman–Crippen MR) is 80.3 cm³/mol. The third-order valence-corrected chi connectivity index (χ3v) is 3.24. The molecule has 0 saturated heterocycles. The number of fused-ring (bicyclic) bond motifs is 1. The summed E-state index contributed by atoms with van der Waals surface area (Å²) in [5.74, 6) is -0.215. The maximum Gasteiger partial charge on any atom is 0.250 e. The van der Waals surface area contributed by atoms with Gasteiger partial charge in [-0.15, -0.1) is 0 Å². The molecule has 1 aromatic heterocycles. The number of halogens is 1. The second kappa shape index (κ2) is 5.10. The van der Waals surface area contributed by atoms with Crippen LogP contribution in [0.1, 0.15) is 21.6 Å². The molecule has 2 aromatic rings. The van der Waals surface area contributed by atoms with E-state index in [1.807, 2.05) is 0 Å². The summed E-state index contributed by atoms with van der Waals surface area (Å²) >= 11 is 5.82. The summed E-state index contributed by atoms with van der Waals surface area (Å²) in [5.41, 5.74) is 1.76. The minimum Gasteiger partial charge on any atom is -0.506 e. The molecule has 3 rings (SSSR count). The van der Waals surface area contributed by atoms with Crippen molar-refractivity contribution in [3.8, 4) is 0 Å². The third-order valence-electron chi connectivity index (χ3n) is 3.05. The molecule has 0 spiro atoms. The zero-order chi connectivity index (χ0) is 15.0. The number of nitrogens with zero attached hydrogens (tertiary/aromatic N) is 3. The maximum absolute atomic E-state index is 12.2. The normalized spacial score (nSPS) is 14.1. The van der Waals surface area contributed by atoms with Crippen LogP contribution in [0.25, 0.3) is 5.76 Å². The van der Waals surface area contributed by atoms with E-state index < -0.39 is 0 Å². The summed E-state index contributed by atoms with van der Waals surface area (Å²) < 4.78 is 0. The fraction of sp³-hybridized carbons (Fsp3) is 0.0667. The topological polar surface area (TPSA) is 75.4 Å². The summed E-state index contributed by atoms with van der Waals surface area (Å²) in [7, 11) is 0. The summed E-state index contributed by atoms with van der Waals surface area (Å²) in [5, 5.41) is 10.4. The van der Waals surface area contributed by atoms with Crippen molar-refractivity contribution < 1.29 is 9.90 Å². The van der Waals surface area contributed by atoms with Gasteiger partial charge < -0.3 is 5.11 Å². The molecule has 0 saturated carbocycles. The summed E-state index contributed by atoms with van der Waals surface area (Å²) in [6, 6.07) is 8.45. The first kappa shape index (κ1) is 13.5. The Hall–Kier alpha value is -2.53. The van der Waals surface area contributed by atoms with E-state index in [9.17, 15) is 9.90 Å². The smallest absolute Gasteiger partial charge is 0.250 e. The van der Waals surface area contributed by atoms with Crippen molar-refractivity contribution in [2.45, 2.75) is 6.92 Å². The van der Waals surface area contributed by atoms with Gasteiger partial charge in [0.05, 0.1) is 5.57 Å². The average Bonchev–Trinajstić information content (AvgIpc) is 2.69. The standard InChI is InChI=1S/C15H10ClN3O2/c1-8-6-12(16)19-15(18-8)17-7-11-13(20)9-4-2-3-5-10(9)14(11)21/h2-7,20H,1H3/b17-7+. The van der Waals surface area contributed by atoms with Crippen LogP contribution in [0.4, 0.5) is 5.95 Å². The number of hydrogen-bond donors (Lipinski definition) is 1. The molecule has 1 heterocycles. The number of Topliss-reactive ketones (excluding diaryl/α,β-unsaturated/α-hetero) is 1. The Labute approximate surface area is 125 Å². The lowest BCUT2D eigenvalue weighted by Crippen LogP contribution is -2.00. The van der Waals surface area contributed by atoms with Gasteiger partial charge in [-0.05, 0) is 13.0 Å². The van der Waals surface area contributed by atoms with Crippen LogP contribution in [-0.2, 0) is 0 Å². The van der Waals surface area contributed by atoms with Crippen LogP contribution < -0.4 is 0 Å². The summed E-state index contributed by atoms with van der Waals surface area (Å²) in [6.07, 6.45) is 1.27. The lowest BCUT2D eigenvalue weighted by molar-refractivity contribution is 0.104. The summed E-state index contributed by atoms with van der Waals surface area (Å²) in [4.78, 5) is 24.2. The van der Waals surface area contributed by atoms with Gasteiger partial charge in [0.25, 0.3) is 5.95 Å². The molecule has 0 amide bonds. The Balaban J connectivity index is 1.98. The number of rotatable bonds is 2. The number of aliphatic hydroxyl groups excluding tert-OH is 1. The van der Waals surface area contributed by atoms with Crippen molar-refractivity contribution in [1.29, 1.82) is 0 Å². The Bertz CT molecular complexity index is 792. The molecule has 0 radical (unpaired) electrons. The summed E-state index contributed by atoms with van der Waals surface area (Å²) in [6.45, 7) is 1.76. The van der Waals surface area contributed by atoms with Gasteiger partial charge in [0.15, 0.2) is 5.78 Å². The van der Waals surface area contributed by atoms with Gasteiger partial charge in [-0.2, -0.15) is 4.98 Å². The average molecular weight is 300 g/mol. The van der Waals surface area contributed by atoms with E-state index in [1.54, 1.807) is 37.3 Å². The molecular weight excluding hydrogens is 290 g/mol. The van der Waals surface area contributed by atoms with Crippen molar-refractivity contribution in [1.82, 2.24) is 9.97 Å². The fourth-order valence-corrected chi connectivity index (χ4v) is 2.33. The largest absolute Gasteiger partial charge is 0.506 e. The molecule has 104 valence electrons. The minimum absolute atomic E-state index is 0.0851. The lowest BCUT2D eigenvalue weighted by Gasteiger charge is -1.97.